The topological polar surface area (TPSA) is 72.5 Å². The molecule has 0 atom stereocenters. The zero-order chi connectivity index (χ0) is 15.8. The van der Waals surface area contributed by atoms with Crippen LogP contribution in [0.25, 0.3) is 0 Å². The van der Waals surface area contributed by atoms with Crippen molar-refractivity contribution in [2.75, 3.05) is 13.2 Å². The van der Waals surface area contributed by atoms with E-state index in [1.165, 1.54) is 18.2 Å². The quantitative estimate of drug-likeness (QED) is 0.613. The van der Waals surface area contributed by atoms with Crippen molar-refractivity contribution in [1.29, 1.82) is 0 Å². The first-order valence-corrected chi connectivity index (χ1v) is 6.68. The van der Waals surface area contributed by atoms with Crippen LogP contribution in [0.15, 0.2) is 18.2 Å². The van der Waals surface area contributed by atoms with Gasteiger partial charge < -0.3 is 10.1 Å². The Morgan fingerprint density at radius 2 is 2.05 bits per heavy atom. The summed E-state index contributed by atoms with van der Waals surface area (Å²) in [6.45, 7) is 1.61. The number of esters is 1. The zero-order valence-corrected chi connectivity index (χ0v) is 12.2. The fourth-order valence-electron chi connectivity index (χ4n) is 1.54. The number of rotatable bonds is 7. The largest absolute Gasteiger partial charge is 0.466 e. The zero-order valence-electron chi connectivity index (χ0n) is 11.4. The molecule has 1 aromatic rings. The fraction of sp³-hybridized carbons (Fsp3) is 0.357. The Labute approximate surface area is 126 Å². The summed E-state index contributed by atoms with van der Waals surface area (Å²) < 4.78 is 17.6. The number of carbonyl (C=O) groups is 3. The second kappa shape index (κ2) is 8.36. The second-order valence-electron chi connectivity index (χ2n) is 4.22. The summed E-state index contributed by atoms with van der Waals surface area (Å²) in [7, 11) is 0. The third-order valence-electron chi connectivity index (χ3n) is 2.48. The van der Waals surface area contributed by atoms with Gasteiger partial charge in [0.1, 0.15) is 12.2 Å². The van der Waals surface area contributed by atoms with E-state index in [0.717, 1.165) is 0 Å². The fourth-order valence-corrected chi connectivity index (χ4v) is 1.75. The lowest BCUT2D eigenvalue weighted by atomic mass is 10.1. The average Bonchev–Trinajstić information content (AvgIpc) is 2.41. The molecule has 0 spiro atoms. The second-order valence-corrected chi connectivity index (χ2v) is 4.63. The number of carbonyl (C=O) groups excluding carboxylic acids is 3. The first kappa shape index (κ1) is 17.1. The monoisotopic (exact) mass is 315 g/mol. The van der Waals surface area contributed by atoms with Gasteiger partial charge in [-0.25, -0.2) is 4.39 Å². The SMILES string of the molecule is CCOC(=O)CC(=O)NCC(=O)Cc1ccc(F)c(Cl)c1. The predicted octanol–water partition coefficient (Wildman–Crippen LogP) is 1.66. The van der Waals surface area contributed by atoms with Crippen molar-refractivity contribution < 1.29 is 23.5 Å². The van der Waals surface area contributed by atoms with Crippen LogP contribution in [-0.4, -0.2) is 30.8 Å². The Kier molecular flexibility index (Phi) is 6.81. The van der Waals surface area contributed by atoms with Crippen molar-refractivity contribution >= 4 is 29.3 Å². The van der Waals surface area contributed by atoms with Gasteiger partial charge in [0.25, 0.3) is 0 Å². The summed E-state index contributed by atoms with van der Waals surface area (Å²) in [4.78, 5) is 34.0. The number of amides is 1. The smallest absolute Gasteiger partial charge is 0.315 e. The molecule has 0 saturated heterocycles. The lowest BCUT2D eigenvalue weighted by Crippen LogP contribution is -2.32. The summed E-state index contributed by atoms with van der Waals surface area (Å²) in [5.74, 6) is -2.07. The van der Waals surface area contributed by atoms with E-state index >= 15 is 0 Å². The number of benzene rings is 1. The Morgan fingerprint density at radius 1 is 1.33 bits per heavy atom. The van der Waals surface area contributed by atoms with Gasteiger partial charge in [0.05, 0.1) is 18.2 Å². The highest BCUT2D eigenvalue weighted by Crippen LogP contribution is 2.16. The van der Waals surface area contributed by atoms with E-state index in [0.29, 0.717) is 5.56 Å². The van der Waals surface area contributed by atoms with Gasteiger partial charge in [0.2, 0.25) is 5.91 Å². The van der Waals surface area contributed by atoms with Crippen LogP contribution in [0.2, 0.25) is 5.02 Å². The van der Waals surface area contributed by atoms with Gasteiger partial charge in [0.15, 0.2) is 5.78 Å². The molecular formula is C14H15ClFNO4. The lowest BCUT2D eigenvalue weighted by molar-refractivity contribution is -0.146. The Hall–Kier alpha value is -1.95. The number of ether oxygens (including phenoxy) is 1. The molecule has 0 bridgehead atoms. The van der Waals surface area contributed by atoms with Gasteiger partial charge in [-0.2, -0.15) is 0 Å². The number of Topliss-reactive ketones (excluding diaryl/α,β-unsaturated/α-hetero) is 1. The van der Waals surface area contributed by atoms with E-state index < -0.39 is 24.1 Å². The highest BCUT2D eigenvalue weighted by molar-refractivity contribution is 6.30. The molecule has 0 unspecified atom stereocenters. The van der Waals surface area contributed by atoms with Crippen molar-refractivity contribution in [1.82, 2.24) is 5.32 Å². The standard InChI is InChI=1S/C14H15ClFNO4/c1-2-21-14(20)7-13(19)17-8-10(18)5-9-3-4-12(16)11(15)6-9/h3-4,6H,2,5,7-8H2,1H3,(H,17,19). The molecule has 5 nitrogen and oxygen atoms in total. The summed E-state index contributed by atoms with van der Waals surface area (Å²) in [6.07, 6.45) is -0.414. The first-order chi connectivity index (χ1) is 9.92. The maximum absolute atomic E-state index is 13.0. The van der Waals surface area contributed by atoms with E-state index in [1.54, 1.807) is 6.92 Å². The van der Waals surface area contributed by atoms with E-state index in [9.17, 15) is 18.8 Å². The van der Waals surface area contributed by atoms with Crippen LogP contribution in [0.5, 0.6) is 0 Å². The van der Waals surface area contributed by atoms with Gasteiger partial charge in [-0.05, 0) is 24.6 Å². The first-order valence-electron chi connectivity index (χ1n) is 6.30. The maximum Gasteiger partial charge on any atom is 0.315 e. The van der Waals surface area contributed by atoms with Gasteiger partial charge in [0, 0.05) is 6.42 Å². The summed E-state index contributed by atoms with van der Waals surface area (Å²) in [6, 6.07) is 3.97. The van der Waals surface area contributed by atoms with Gasteiger partial charge in [-0.1, -0.05) is 17.7 Å². The van der Waals surface area contributed by atoms with Crippen molar-refractivity contribution in [2.45, 2.75) is 19.8 Å². The van der Waals surface area contributed by atoms with Crippen molar-refractivity contribution in [3.05, 3.63) is 34.6 Å². The van der Waals surface area contributed by atoms with E-state index in [1.807, 2.05) is 0 Å². The Balaban J connectivity index is 2.38. The number of ketones is 1. The molecule has 114 valence electrons. The molecule has 0 aliphatic carbocycles. The molecule has 21 heavy (non-hydrogen) atoms. The van der Waals surface area contributed by atoms with Crippen LogP contribution in [-0.2, 0) is 25.5 Å². The molecule has 7 heteroatoms. The van der Waals surface area contributed by atoms with Crippen LogP contribution in [0, 0.1) is 5.82 Å². The maximum atomic E-state index is 13.0. The molecular weight excluding hydrogens is 301 g/mol. The van der Waals surface area contributed by atoms with E-state index in [-0.39, 0.29) is 30.4 Å². The van der Waals surface area contributed by atoms with Crippen LogP contribution in [0.3, 0.4) is 0 Å². The van der Waals surface area contributed by atoms with E-state index in [4.69, 9.17) is 11.6 Å². The van der Waals surface area contributed by atoms with E-state index in [2.05, 4.69) is 10.1 Å². The number of halogens is 2. The van der Waals surface area contributed by atoms with Crippen molar-refractivity contribution in [3.63, 3.8) is 0 Å². The molecule has 1 N–H and O–H groups in total. The lowest BCUT2D eigenvalue weighted by Gasteiger charge is -2.05. The average molecular weight is 316 g/mol. The highest BCUT2D eigenvalue weighted by atomic mass is 35.5. The molecule has 0 fully saturated rings. The Bertz CT molecular complexity index is 548. The van der Waals surface area contributed by atoms with Crippen molar-refractivity contribution in [2.24, 2.45) is 0 Å². The molecule has 1 aromatic carbocycles. The number of nitrogens with one attached hydrogen (secondary N) is 1. The van der Waals surface area contributed by atoms with Crippen LogP contribution in [0.4, 0.5) is 4.39 Å². The molecule has 1 amide bonds. The minimum atomic E-state index is -0.646. The highest BCUT2D eigenvalue weighted by Gasteiger charge is 2.12. The molecule has 0 radical (unpaired) electrons. The Morgan fingerprint density at radius 3 is 2.67 bits per heavy atom. The van der Waals surface area contributed by atoms with Crippen molar-refractivity contribution in [3.8, 4) is 0 Å². The van der Waals surface area contributed by atoms with Gasteiger partial charge >= 0.3 is 5.97 Å². The van der Waals surface area contributed by atoms with Gasteiger partial charge in [-0.3, -0.25) is 14.4 Å². The summed E-state index contributed by atoms with van der Waals surface area (Å²) in [5, 5.41) is 2.26. The minimum Gasteiger partial charge on any atom is -0.466 e. The van der Waals surface area contributed by atoms with Crippen LogP contribution in [0.1, 0.15) is 18.9 Å². The number of hydrogen-bond donors (Lipinski definition) is 1. The third kappa shape index (κ3) is 6.35. The van der Waals surface area contributed by atoms with Crippen LogP contribution < -0.4 is 5.32 Å². The van der Waals surface area contributed by atoms with Crippen LogP contribution >= 0.6 is 11.6 Å². The molecule has 0 aliphatic rings. The molecule has 0 heterocycles. The van der Waals surface area contributed by atoms with Gasteiger partial charge in [-0.15, -0.1) is 0 Å². The summed E-state index contributed by atoms with van der Waals surface area (Å²) >= 11 is 5.60. The molecule has 0 aromatic heterocycles. The summed E-state index contributed by atoms with van der Waals surface area (Å²) in [5.41, 5.74) is 0.547. The molecule has 0 saturated carbocycles. The predicted molar refractivity (Wildman–Crippen MR) is 74.4 cm³/mol. The minimum absolute atomic E-state index is 0.0136. The molecule has 1 rings (SSSR count). The third-order valence-corrected chi connectivity index (χ3v) is 2.77. The normalized spacial score (nSPS) is 10.0. The number of hydrogen-bond acceptors (Lipinski definition) is 4. The molecule has 0 aliphatic heterocycles.